The summed E-state index contributed by atoms with van der Waals surface area (Å²) in [6.07, 6.45) is 1.13. The van der Waals surface area contributed by atoms with E-state index in [4.69, 9.17) is 25.8 Å². The number of fused-ring (bicyclic) bond motifs is 1. The SMILES string of the molecule is C[C@H]1COCCN1C(=O)Cc1cc(Cl)c2c(c1)OCCCO2. The van der Waals surface area contributed by atoms with Crippen LogP contribution in [-0.2, 0) is 16.0 Å². The highest BCUT2D eigenvalue weighted by Crippen LogP contribution is 2.38. The first-order valence-corrected chi connectivity index (χ1v) is 7.98. The van der Waals surface area contributed by atoms with E-state index in [1.54, 1.807) is 6.07 Å². The molecule has 1 fully saturated rings. The summed E-state index contributed by atoms with van der Waals surface area (Å²) >= 11 is 6.27. The van der Waals surface area contributed by atoms with Crippen LogP contribution in [0, 0.1) is 0 Å². The van der Waals surface area contributed by atoms with E-state index >= 15 is 0 Å². The number of halogens is 1. The Labute approximate surface area is 135 Å². The molecule has 1 aromatic rings. The van der Waals surface area contributed by atoms with Crippen molar-refractivity contribution in [3.05, 3.63) is 22.7 Å². The second-order valence-corrected chi connectivity index (χ2v) is 6.05. The Balaban J connectivity index is 1.76. The minimum atomic E-state index is 0.0846. The van der Waals surface area contributed by atoms with Crippen LogP contribution in [-0.4, -0.2) is 49.8 Å². The van der Waals surface area contributed by atoms with Crippen LogP contribution in [0.5, 0.6) is 11.5 Å². The summed E-state index contributed by atoms with van der Waals surface area (Å²) in [5, 5.41) is 0.497. The van der Waals surface area contributed by atoms with Crippen LogP contribution >= 0.6 is 11.6 Å². The molecule has 22 heavy (non-hydrogen) atoms. The van der Waals surface area contributed by atoms with Crippen molar-refractivity contribution in [2.24, 2.45) is 0 Å². The number of nitrogens with zero attached hydrogens (tertiary/aromatic N) is 1. The van der Waals surface area contributed by atoms with E-state index in [-0.39, 0.29) is 11.9 Å². The van der Waals surface area contributed by atoms with Gasteiger partial charge in [-0.05, 0) is 24.6 Å². The standard InChI is InChI=1S/C16H20ClNO4/c1-11-10-20-6-3-18(11)15(19)9-12-7-13(17)16-14(8-12)21-4-2-5-22-16/h7-8,11H,2-6,9-10H2,1H3/t11-/m0/s1. The van der Waals surface area contributed by atoms with Crippen LogP contribution < -0.4 is 9.47 Å². The lowest BCUT2D eigenvalue weighted by atomic mass is 10.1. The molecular formula is C16H20ClNO4. The number of benzene rings is 1. The molecular weight excluding hydrogens is 306 g/mol. The summed E-state index contributed by atoms with van der Waals surface area (Å²) in [5.74, 6) is 1.29. The van der Waals surface area contributed by atoms with E-state index in [0.717, 1.165) is 12.0 Å². The molecule has 0 radical (unpaired) electrons. The highest BCUT2D eigenvalue weighted by Gasteiger charge is 2.24. The molecule has 1 saturated heterocycles. The van der Waals surface area contributed by atoms with Crippen LogP contribution in [0.25, 0.3) is 0 Å². The molecule has 1 aromatic carbocycles. The molecule has 3 rings (SSSR count). The van der Waals surface area contributed by atoms with Gasteiger partial charge in [-0.1, -0.05) is 11.6 Å². The predicted octanol–water partition coefficient (Wildman–Crippen LogP) is 2.29. The Hall–Kier alpha value is -1.46. The number of carbonyl (C=O) groups is 1. The molecule has 0 spiro atoms. The van der Waals surface area contributed by atoms with Gasteiger partial charge in [-0.15, -0.1) is 0 Å². The molecule has 2 aliphatic rings. The second-order valence-electron chi connectivity index (χ2n) is 5.64. The molecule has 0 aliphatic carbocycles. The maximum atomic E-state index is 12.5. The highest BCUT2D eigenvalue weighted by molar-refractivity contribution is 6.32. The molecule has 0 N–H and O–H groups in total. The largest absolute Gasteiger partial charge is 0.489 e. The zero-order valence-corrected chi connectivity index (χ0v) is 13.4. The van der Waals surface area contributed by atoms with Gasteiger partial charge in [0.2, 0.25) is 5.91 Å². The van der Waals surface area contributed by atoms with Gasteiger partial charge in [0.25, 0.3) is 0 Å². The van der Waals surface area contributed by atoms with E-state index in [1.165, 1.54) is 0 Å². The van der Waals surface area contributed by atoms with Crippen molar-refractivity contribution in [3.63, 3.8) is 0 Å². The molecule has 0 saturated carbocycles. The van der Waals surface area contributed by atoms with Crippen LogP contribution in [0.15, 0.2) is 12.1 Å². The van der Waals surface area contributed by atoms with Gasteiger partial charge in [0.1, 0.15) is 0 Å². The lowest BCUT2D eigenvalue weighted by Gasteiger charge is -2.33. The van der Waals surface area contributed by atoms with Crippen LogP contribution in [0.2, 0.25) is 5.02 Å². The molecule has 0 bridgehead atoms. The fourth-order valence-corrected chi connectivity index (χ4v) is 3.05. The maximum Gasteiger partial charge on any atom is 0.227 e. The molecule has 120 valence electrons. The monoisotopic (exact) mass is 325 g/mol. The third-order valence-electron chi connectivity index (χ3n) is 3.91. The lowest BCUT2D eigenvalue weighted by Crippen LogP contribution is -2.47. The normalized spacial score (nSPS) is 21.4. The highest BCUT2D eigenvalue weighted by atomic mass is 35.5. The quantitative estimate of drug-likeness (QED) is 0.837. The smallest absolute Gasteiger partial charge is 0.227 e. The van der Waals surface area contributed by atoms with Crippen molar-refractivity contribution < 1.29 is 19.0 Å². The lowest BCUT2D eigenvalue weighted by molar-refractivity contribution is -0.138. The summed E-state index contributed by atoms with van der Waals surface area (Å²) in [4.78, 5) is 14.3. The fourth-order valence-electron chi connectivity index (χ4n) is 2.76. The van der Waals surface area contributed by atoms with E-state index in [1.807, 2.05) is 17.9 Å². The van der Waals surface area contributed by atoms with Crippen LogP contribution in [0.1, 0.15) is 18.9 Å². The van der Waals surface area contributed by atoms with Crippen LogP contribution in [0.4, 0.5) is 0 Å². The zero-order valence-electron chi connectivity index (χ0n) is 12.6. The van der Waals surface area contributed by atoms with E-state index in [0.29, 0.717) is 55.9 Å². The summed E-state index contributed by atoms with van der Waals surface area (Å²) in [7, 11) is 0. The Morgan fingerprint density at radius 1 is 1.32 bits per heavy atom. The summed E-state index contributed by atoms with van der Waals surface area (Å²) < 4.78 is 16.6. The van der Waals surface area contributed by atoms with E-state index in [2.05, 4.69) is 0 Å². The zero-order chi connectivity index (χ0) is 15.5. The Bertz CT molecular complexity index is 563. The van der Waals surface area contributed by atoms with Crippen molar-refractivity contribution in [2.75, 3.05) is 33.0 Å². The van der Waals surface area contributed by atoms with Gasteiger partial charge in [-0.25, -0.2) is 0 Å². The molecule has 0 unspecified atom stereocenters. The van der Waals surface area contributed by atoms with Crippen molar-refractivity contribution in [2.45, 2.75) is 25.8 Å². The number of ether oxygens (including phenoxy) is 3. The molecule has 1 atom stereocenters. The average Bonchev–Trinajstić information content (AvgIpc) is 2.73. The van der Waals surface area contributed by atoms with E-state index < -0.39 is 0 Å². The number of carbonyl (C=O) groups excluding carboxylic acids is 1. The van der Waals surface area contributed by atoms with Gasteiger partial charge in [0.05, 0.1) is 43.9 Å². The molecule has 1 amide bonds. The summed E-state index contributed by atoms with van der Waals surface area (Å²) in [5.41, 5.74) is 0.845. The summed E-state index contributed by atoms with van der Waals surface area (Å²) in [6.45, 7) is 5.01. The predicted molar refractivity (Wildman–Crippen MR) is 82.8 cm³/mol. The number of hydrogen-bond acceptors (Lipinski definition) is 4. The average molecular weight is 326 g/mol. The number of amides is 1. The fraction of sp³-hybridized carbons (Fsp3) is 0.562. The summed E-state index contributed by atoms with van der Waals surface area (Å²) in [6, 6.07) is 3.75. The van der Waals surface area contributed by atoms with Crippen molar-refractivity contribution in [3.8, 4) is 11.5 Å². The molecule has 6 heteroatoms. The molecule has 2 heterocycles. The number of rotatable bonds is 2. The Morgan fingerprint density at radius 3 is 2.95 bits per heavy atom. The third-order valence-corrected chi connectivity index (χ3v) is 4.19. The van der Waals surface area contributed by atoms with Gasteiger partial charge >= 0.3 is 0 Å². The Morgan fingerprint density at radius 2 is 2.14 bits per heavy atom. The van der Waals surface area contributed by atoms with Gasteiger partial charge in [-0.3, -0.25) is 4.79 Å². The van der Waals surface area contributed by atoms with Gasteiger partial charge in [0, 0.05) is 13.0 Å². The minimum Gasteiger partial charge on any atom is -0.489 e. The second kappa shape index (κ2) is 6.75. The topological polar surface area (TPSA) is 48.0 Å². The first kappa shape index (κ1) is 15.4. The Kier molecular flexibility index (Phi) is 4.74. The van der Waals surface area contributed by atoms with Gasteiger partial charge in [-0.2, -0.15) is 0 Å². The first-order chi connectivity index (χ1) is 10.6. The number of hydrogen-bond donors (Lipinski definition) is 0. The number of morpholine rings is 1. The minimum absolute atomic E-state index is 0.0846. The molecule has 2 aliphatic heterocycles. The van der Waals surface area contributed by atoms with Gasteiger partial charge in [0.15, 0.2) is 11.5 Å². The van der Waals surface area contributed by atoms with Crippen molar-refractivity contribution >= 4 is 17.5 Å². The van der Waals surface area contributed by atoms with E-state index in [9.17, 15) is 4.79 Å². The van der Waals surface area contributed by atoms with Gasteiger partial charge < -0.3 is 19.1 Å². The molecule has 5 nitrogen and oxygen atoms in total. The van der Waals surface area contributed by atoms with Crippen molar-refractivity contribution in [1.82, 2.24) is 4.90 Å². The first-order valence-electron chi connectivity index (χ1n) is 7.60. The maximum absolute atomic E-state index is 12.5. The van der Waals surface area contributed by atoms with Crippen molar-refractivity contribution in [1.29, 1.82) is 0 Å². The molecule has 0 aromatic heterocycles. The third kappa shape index (κ3) is 3.31. The van der Waals surface area contributed by atoms with Crippen LogP contribution in [0.3, 0.4) is 0 Å².